The third-order valence-corrected chi connectivity index (χ3v) is 4.94. The number of hydrogen-bond acceptors (Lipinski definition) is 1. The molecule has 0 bridgehead atoms. The van der Waals surface area contributed by atoms with Crippen LogP contribution in [0.25, 0.3) is 0 Å². The largest absolute Gasteiger partial charge is 0.310 e. The standard InChI is InChI=1S/C15H20BrN/c1-11(12-3-2-4-14(16)9-12)17-10-15(7-8-15)13-5-6-13/h2-4,9,11,13,17H,5-8,10H2,1H3. The average molecular weight is 294 g/mol. The van der Waals surface area contributed by atoms with Crippen molar-refractivity contribution in [2.45, 2.75) is 38.6 Å². The lowest BCUT2D eigenvalue weighted by molar-refractivity contribution is 0.382. The summed E-state index contributed by atoms with van der Waals surface area (Å²) in [4.78, 5) is 0. The van der Waals surface area contributed by atoms with Gasteiger partial charge < -0.3 is 5.32 Å². The fourth-order valence-corrected chi connectivity index (χ4v) is 3.25. The molecule has 1 aromatic rings. The molecule has 0 heterocycles. The Morgan fingerprint density at radius 3 is 2.76 bits per heavy atom. The number of benzene rings is 1. The third kappa shape index (κ3) is 2.58. The number of hydrogen-bond donors (Lipinski definition) is 1. The molecule has 2 fully saturated rings. The molecule has 1 unspecified atom stereocenters. The van der Waals surface area contributed by atoms with Gasteiger partial charge in [-0.15, -0.1) is 0 Å². The van der Waals surface area contributed by atoms with Crippen molar-refractivity contribution < 1.29 is 0 Å². The van der Waals surface area contributed by atoms with Crippen LogP contribution in [0.2, 0.25) is 0 Å². The Hall–Kier alpha value is -0.340. The fourth-order valence-electron chi connectivity index (χ4n) is 2.84. The van der Waals surface area contributed by atoms with Gasteiger partial charge >= 0.3 is 0 Å². The van der Waals surface area contributed by atoms with Crippen LogP contribution in [0.5, 0.6) is 0 Å². The van der Waals surface area contributed by atoms with E-state index in [2.05, 4.69) is 52.4 Å². The first-order valence-electron chi connectivity index (χ1n) is 6.68. The Kier molecular flexibility index (Phi) is 3.04. The van der Waals surface area contributed by atoms with E-state index in [-0.39, 0.29) is 0 Å². The molecule has 2 heteroatoms. The molecule has 2 aliphatic carbocycles. The van der Waals surface area contributed by atoms with Gasteiger partial charge in [0.1, 0.15) is 0 Å². The van der Waals surface area contributed by atoms with Gasteiger partial charge in [0, 0.05) is 17.1 Å². The zero-order valence-electron chi connectivity index (χ0n) is 10.4. The molecule has 0 aliphatic heterocycles. The van der Waals surface area contributed by atoms with Gasteiger partial charge in [-0.2, -0.15) is 0 Å². The zero-order chi connectivity index (χ0) is 11.9. The van der Waals surface area contributed by atoms with Gasteiger partial charge in [-0.05, 0) is 61.6 Å². The Balaban J connectivity index is 1.58. The maximum atomic E-state index is 3.73. The van der Waals surface area contributed by atoms with Crippen LogP contribution in [0, 0.1) is 11.3 Å². The first-order chi connectivity index (χ1) is 8.20. The van der Waals surface area contributed by atoms with Crippen molar-refractivity contribution in [1.29, 1.82) is 0 Å². The molecule has 3 rings (SSSR count). The minimum Gasteiger partial charge on any atom is -0.310 e. The van der Waals surface area contributed by atoms with Crippen LogP contribution in [-0.4, -0.2) is 6.54 Å². The minimum atomic E-state index is 0.462. The molecular formula is C15H20BrN. The number of rotatable bonds is 5. The Morgan fingerprint density at radius 1 is 1.41 bits per heavy atom. The van der Waals surface area contributed by atoms with Gasteiger partial charge in [0.2, 0.25) is 0 Å². The molecule has 0 radical (unpaired) electrons. The lowest BCUT2D eigenvalue weighted by Gasteiger charge is -2.20. The Bertz CT molecular complexity index is 407. The molecular weight excluding hydrogens is 274 g/mol. The zero-order valence-corrected chi connectivity index (χ0v) is 12.0. The van der Waals surface area contributed by atoms with Crippen molar-refractivity contribution in [3.8, 4) is 0 Å². The number of nitrogens with one attached hydrogen (secondary N) is 1. The summed E-state index contributed by atoms with van der Waals surface area (Å²) in [6, 6.07) is 9.09. The van der Waals surface area contributed by atoms with Gasteiger partial charge in [0.25, 0.3) is 0 Å². The predicted octanol–water partition coefficient (Wildman–Crippen LogP) is 4.29. The minimum absolute atomic E-state index is 0.462. The fraction of sp³-hybridized carbons (Fsp3) is 0.600. The molecule has 1 nitrogen and oxygen atoms in total. The van der Waals surface area contributed by atoms with Gasteiger partial charge in [-0.1, -0.05) is 28.1 Å². The van der Waals surface area contributed by atoms with Crippen molar-refractivity contribution in [2.24, 2.45) is 11.3 Å². The van der Waals surface area contributed by atoms with Gasteiger partial charge in [-0.25, -0.2) is 0 Å². The first-order valence-corrected chi connectivity index (χ1v) is 7.48. The highest BCUT2D eigenvalue weighted by Crippen LogP contribution is 2.60. The van der Waals surface area contributed by atoms with Crippen LogP contribution in [-0.2, 0) is 0 Å². The predicted molar refractivity (Wildman–Crippen MR) is 75.0 cm³/mol. The van der Waals surface area contributed by atoms with Crippen molar-refractivity contribution >= 4 is 15.9 Å². The summed E-state index contributed by atoms with van der Waals surface area (Å²) < 4.78 is 1.17. The second kappa shape index (κ2) is 4.40. The smallest absolute Gasteiger partial charge is 0.0292 e. The van der Waals surface area contributed by atoms with Crippen molar-refractivity contribution in [3.63, 3.8) is 0 Å². The van der Waals surface area contributed by atoms with Gasteiger partial charge in [-0.3, -0.25) is 0 Å². The summed E-state index contributed by atoms with van der Waals surface area (Å²) in [5.74, 6) is 1.05. The Morgan fingerprint density at radius 2 is 2.18 bits per heavy atom. The van der Waals surface area contributed by atoms with E-state index in [1.807, 2.05) is 0 Å². The second-order valence-corrected chi connectivity index (χ2v) is 6.71. The van der Waals surface area contributed by atoms with Crippen LogP contribution in [0.1, 0.15) is 44.2 Å². The molecule has 2 aliphatic rings. The normalized spacial score (nSPS) is 23.4. The maximum Gasteiger partial charge on any atom is 0.0292 e. The van der Waals surface area contributed by atoms with E-state index >= 15 is 0 Å². The lowest BCUT2D eigenvalue weighted by atomic mass is 9.99. The van der Waals surface area contributed by atoms with Crippen LogP contribution >= 0.6 is 15.9 Å². The molecule has 0 aromatic heterocycles. The van der Waals surface area contributed by atoms with Gasteiger partial charge in [0.05, 0.1) is 0 Å². The van der Waals surface area contributed by atoms with E-state index in [1.165, 1.54) is 42.3 Å². The quantitative estimate of drug-likeness (QED) is 0.854. The molecule has 0 saturated heterocycles. The summed E-state index contributed by atoms with van der Waals surface area (Å²) in [5, 5.41) is 3.73. The summed E-state index contributed by atoms with van der Waals surface area (Å²) in [5.41, 5.74) is 2.08. The SMILES string of the molecule is CC(NCC1(C2CC2)CC1)c1cccc(Br)c1. The highest BCUT2D eigenvalue weighted by molar-refractivity contribution is 9.10. The summed E-state index contributed by atoms with van der Waals surface area (Å²) in [7, 11) is 0. The van der Waals surface area contributed by atoms with Gasteiger partial charge in [0.15, 0.2) is 0 Å². The van der Waals surface area contributed by atoms with Crippen molar-refractivity contribution in [3.05, 3.63) is 34.3 Å². The second-order valence-electron chi connectivity index (χ2n) is 5.79. The van der Waals surface area contributed by atoms with E-state index in [0.717, 1.165) is 5.92 Å². The summed E-state index contributed by atoms with van der Waals surface area (Å²) in [6.45, 7) is 3.48. The molecule has 2 saturated carbocycles. The molecule has 1 atom stereocenters. The van der Waals surface area contributed by atoms with E-state index in [9.17, 15) is 0 Å². The van der Waals surface area contributed by atoms with E-state index < -0.39 is 0 Å². The van der Waals surface area contributed by atoms with E-state index in [4.69, 9.17) is 0 Å². The molecule has 1 aromatic carbocycles. The maximum absolute atomic E-state index is 3.73. The van der Waals surface area contributed by atoms with E-state index in [0.29, 0.717) is 11.5 Å². The summed E-state index contributed by atoms with van der Waals surface area (Å²) in [6.07, 6.45) is 5.87. The van der Waals surface area contributed by atoms with Crippen LogP contribution in [0.3, 0.4) is 0 Å². The molecule has 0 amide bonds. The van der Waals surface area contributed by atoms with Crippen molar-refractivity contribution in [2.75, 3.05) is 6.54 Å². The van der Waals surface area contributed by atoms with E-state index in [1.54, 1.807) is 0 Å². The van der Waals surface area contributed by atoms with Crippen LogP contribution in [0.15, 0.2) is 28.7 Å². The highest BCUT2D eigenvalue weighted by atomic mass is 79.9. The van der Waals surface area contributed by atoms with Crippen LogP contribution in [0.4, 0.5) is 0 Å². The molecule has 0 spiro atoms. The first kappa shape index (κ1) is 11.7. The van der Waals surface area contributed by atoms with Crippen molar-refractivity contribution in [1.82, 2.24) is 5.32 Å². The van der Waals surface area contributed by atoms with Crippen LogP contribution < -0.4 is 5.32 Å². The summed E-state index contributed by atoms with van der Waals surface area (Å²) >= 11 is 3.54. The Labute approximate surface area is 112 Å². The number of halogens is 1. The molecule has 92 valence electrons. The molecule has 1 N–H and O–H groups in total. The highest BCUT2D eigenvalue weighted by Gasteiger charge is 2.53. The monoisotopic (exact) mass is 293 g/mol. The third-order valence-electron chi connectivity index (χ3n) is 4.44. The topological polar surface area (TPSA) is 12.0 Å². The average Bonchev–Trinajstić information content (AvgIpc) is 3.15. The lowest BCUT2D eigenvalue weighted by Crippen LogP contribution is -2.27. The molecule has 17 heavy (non-hydrogen) atoms.